The lowest BCUT2D eigenvalue weighted by molar-refractivity contribution is 0.579. The maximum absolute atomic E-state index is 11.8. The van der Waals surface area contributed by atoms with E-state index in [0.29, 0.717) is 0 Å². The summed E-state index contributed by atoms with van der Waals surface area (Å²) in [5.41, 5.74) is 3.59. The molecule has 106 valence electrons. The maximum atomic E-state index is 11.8. The predicted molar refractivity (Wildman–Crippen MR) is 80.5 cm³/mol. The second-order valence-corrected chi connectivity index (χ2v) is 7.78. The molecule has 0 aromatic heterocycles. The zero-order valence-corrected chi connectivity index (χ0v) is 12.8. The van der Waals surface area contributed by atoms with E-state index in [1.807, 2.05) is 0 Å². The van der Waals surface area contributed by atoms with Crippen LogP contribution in [0.2, 0.25) is 0 Å². The summed E-state index contributed by atoms with van der Waals surface area (Å²) in [5, 5.41) is 3.27. The van der Waals surface area contributed by atoms with E-state index in [0.717, 1.165) is 31.4 Å². The minimum Gasteiger partial charge on any atom is -0.381 e. The molecule has 0 radical (unpaired) electrons. The summed E-state index contributed by atoms with van der Waals surface area (Å²) in [4.78, 5) is 0. The van der Waals surface area contributed by atoms with Crippen molar-refractivity contribution in [3.05, 3.63) is 29.3 Å². The maximum Gasteiger partial charge on any atom is 0.152 e. The van der Waals surface area contributed by atoms with E-state index in [9.17, 15) is 8.42 Å². The van der Waals surface area contributed by atoms with Gasteiger partial charge >= 0.3 is 0 Å². The Labute approximate surface area is 116 Å². The van der Waals surface area contributed by atoms with Gasteiger partial charge < -0.3 is 5.32 Å². The van der Waals surface area contributed by atoms with Gasteiger partial charge in [0, 0.05) is 18.0 Å². The van der Waals surface area contributed by atoms with E-state index in [-0.39, 0.29) is 11.3 Å². The molecule has 1 aromatic rings. The number of para-hydroxylation sites is 1. The van der Waals surface area contributed by atoms with Gasteiger partial charge in [0.25, 0.3) is 0 Å². The van der Waals surface area contributed by atoms with E-state index in [4.69, 9.17) is 0 Å². The fourth-order valence-corrected chi connectivity index (χ4v) is 4.41. The van der Waals surface area contributed by atoms with Gasteiger partial charge in [-0.15, -0.1) is 0 Å². The number of anilines is 1. The molecule has 0 amide bonds. The van der Waals surface area contributed by atoms with Crippen molar-refractivity contribution in [1.82, 2.24) is 0 Å². The minimum absolute atomic E-state index is 0.0569. The van der Waals surface area contributed by atoms with Gasteiger partial charge in [-0.2, -0.15) is 0 Å². The van der Waals surface area contributed by atoms with Gasteiger partial charge in [0.2, 0.25) is 0 Å². The topological polar surface area (TPSA) is 46.2 Å². The molecule has 19 heavy (non-hydrogen) atoms. The monoisotopic (exact) mass is 281 g/mol. The van der Waals surface area contributed by atoms with Crippen LogP contribution in [0.4, 0.5) is 5.69 Å². The van der Waals surface area contributed by atoms with Crippen LogP contribution in [0.1, 0.15) is 37.3 Å². The number of rotatable bonds is 4. The molecule has 1 aromatic carbocycles. The molecule has 2 atom stereocenters. The molecule has 0 bridgehead atoms. The van der Waals surface area contributed by atoms with Crippen LogP contribution in [0, 0.1) is 6.92 Å². The van der Waals surface area contributed by atoms with Crippen LogP contribution in [0.3, 0.4) is 0 Å². The Balaban J connectivity index is 2.26. The Hall–Kier alpha value is -1.03. The van der Waals surface area contributed by atoms with Crippen molar-refractivity contribution in [2.75, 3.05) is 11.6 Å². The number of nitrogens with one attached hydrogen (secondary N) is 1. The van der Waals surface area contributed by atoms with E-state index in [2.05, 4.69) is 37.4 Å². The summed E-state index contributed by atoms with van der Waals surface area (Å²) in [7, 11) is -2.97. The first-order valence-electron chi connectivity index (χ1n) is 6.97. The van der Waals surface area contributed by atoms with Crippen molar-refractivity contribution in [2.45, 2.75) is 50.8 Å². The molecule has 1 N–H and O–H groups in total. The van der Waals surface area contributed by atoms with Crippen LogP contribution in [-0.2, 0) is 16.3 Å². The molecule has 1 aliphatic rings. The molecule has 2 rings (SSSR count). The predicted octanol–water partition coefficient (Wildman–Crippen LogP) is 2.94. The van der Waals surface area contributed by atoms with E-state index >= 15 is 0 Å². The SMILES string of the molecule is CCc1cccc(C)c1NC1CCCC1S(C)(=O)=O. The number of aryl methyl sites for hydroxylation is 2. The lowest BCUT2D eigenvalue weighted by Crippen LogP contribution is -2.34. The van der Waals surface area contributed by atoms with Crippen molar-refractivity contribution in [3.8, 4) is 0 Å². The average Bonchev–Trinajstić information content (AvgIpc) is 2.79. The summed E-state index contributed by atoms with van der Waals surface area (Å²) in [6, 6.07) is 6.30. The number of hydrogen-bond donors (Lipinski definition) is 1. The lowest BCUT2D eigenvalue weighted by atomic mass is 10.0. The zero-order chi connectivity index (χ0) is 14.0. The highest BCUT2D eigenvalue weighted by molar-refractivity contribution is 7.91. The summed E-state index contributed by atoms with van der Waals surface area (Å²) in [5.74, 6) is 0. The second-order valence-electron chi connectivity index (χ2n) is 5.51. The van der Waals surface area contributed by atoms with Crippen LogP contribution in [0.5, 0.6) is 0 Å². The van der Waals surface area contributed by atoms with Gasteiger partial charge in [0.15, 0.2) is 9.84 Å². The Morgan fingerprint density at radius 3 is 2.68 bits per heavy atom. The first kappa shape index (κ1) is 14.4. The van der Waals surface area contributed by atoms with E-state index < -0.39 is 9.84 Å². The van der Waals surface area contributed by atoms with Gasteiger partial charge in [-0.25, -0.2) is 8.42 Å². The largest absolute Gasteiger partial charge is 0.381 e. The molecule has 0 aliphatic heterocycles. The molecule has 2 unspecified atom stereocenters. The third-order valence-corrected chi connectivity index (χ3v) is 5.74. The smallest absolute Gasteiger partial charge is 0.152 e. The van der Waals surface area contributed by atoms with Crippen molar-refractivity contribution < 1.29 is 8.42 Å². The summed E-state index contributed by atoms with van der Waals surface area (Å²) in [6.45, 7) is 4.20. The third kappa shape index (κ3) is 3.11. The molecule has 1 aliphatic carbocycles. The molecule has 0 spiro atoms. The van der Waals surface area contributed by atoms with Crippen molar-refractivity contribution in [3.63, 3.8) is 0 Å². The number of benzene rings is 1. The molecule has 1 fully saturated rings. The summed E-state index contributed by atoms with van der Waals surface area (Å²) in [6.07, 6.45) is 5.03. The molecule has 0 heterocycles. The van der Waals surface area contributed by atoms with Gasteiger partial charge in [-0.05, 0) is 43.7 Å². The fraction of sp³-hybridized carbons (Fsp3) is 0.600. The normalized spacial score (nSPS) is 23.5. The molecule has 1 saturated carbocycles. The van der Waals surface area contributed by atoms with Gasteiger partial charge in [-0.1, -0.05) is 25.1 Å². The van der Waals surface area contributed by atoms with Crippen LogP contribution in [-0.4, -0.2) is 26.0 Å². The number of sulfone groups is 1. The Bertz CT molecular complexity index is 551. The summed E-state index contributed by atoms with van der Waals surface area (Å²) < 4.78 is 23.7. The highest BCUT2D eigenvalue weighted by Crippen LogP contribution is 2.30. The van der Waals surface area contributed by atoms with Crippen molar-refractivity contribution in [1.29, 1.82) is 0 Å². The number of hydrogen-bond acceptors (Lipinski definition) is 3. The van der Waals surface area contributed by atoms with Crippen LogP contribution in [0.15, 0.2) is 18.2 Å². The quantitative estimate of drug-likeness (QED) is 0.923. The highest BCUT2D eigenvalue weighted by Gasteiger charge is 2.35. The Kier molecular flexibility index (Phi) is 4.19. The molecular formula is C15H23NO2S. The first-order chi connectivity index (χ1) is 8.93. The molecule has 4 heteroatoms. The standard InChI is InChI=1S/C15H23NO2S/c1-4-12-8-5-7-11(2)15(12)16-13-9-6-10-14(13)19(3,17)18/h5,7-8,13-14,16H,4,6,9-10H2,1-3H3. The zero-order valence-electron chi connectivity index (χ0n) is 11.9. The van der Waals surface area contributed by atoms with Crippen LogP contribution in [0.25, 0.3) is 0 Å². The van der Waals surface area contributed by atoms with Crippen LogP contribution < -0.4 is 5.32 Å². The Morgan fingerprint density at radius 1 is 1.32 bits per heavy atom. The fourth-order valence-electron chi connectivity index (χ4n) is 3.02. The lowest BCUT2D eigenvalue weighted by Gasteiger charge is -2.23. The van der Waals surface area contributed by atoms with Gasteiger partial charge in [0.1, 0.15) is 0 Å². The average molecular weight is 281 g/mol. The van der Waals surface area contributed by atoms with E-state index in [1.54, 1.807) is 0 Å². The van der Waals surface area contributed by atoms with Gasteiger partial charge in [-0.3, -0.25) is 0 Å². The highest BCUT2D eigenvalue weighted by atomic mass is 32.2. The third-order valence-electron chi connectivity index (χ3n) is 4.07. The Morgan fingerprint density at radius 2 is 2.05 bits per heavy atom. The molecule has 0 saturated heterocycles. The molecule has 3 nitrogen and oxygen atoms in total. The van der Waals surface area contributed by atoms with Gasteiger partial charge in [0.05, 0.1) is 5.25 Å². The van der Waals surface area contributed by atoms with Crippen molar-refractivity contribution >= 4 is 15.5 Å². The van der Waals surface area contributed by atoms with E-state index in [1.165, 1.54) is 17.4 Å². The van der Waals surface area contributed by atoms with Crippen LogP contribution >= 0.6 is 0 Å². The van der Waals surface area contributed by atoms with Crippen molar-refractivity contribution in [2.24, 2.45) is 0 Å². The first-order valence-corrected chi connectivity index (χ1v) is 8.93. The second kappa shape index (κ2) is 5.53. The summed E-state index contributed by atoms with van der Waals surface area (Å²) >= 11 is 0. The molecular weight excluding hydrogens is 258 g/mol. The minimum atomic E-state index is -2.97.